The maximum absolute atomic E-state index is 11.7. The molecular formula is C12H16BrNO2. The van der Waals surface area contributed by atoms with Gasteiger partial charge in [0.2, 0.25) is 0 Å². The summed E-state index contributed by atoms with van der Waals surface area (Å²) in [5.41, 5.74) is 1.31. The van der Waals surface area contributed by atoms with Crippen LogP contribution in [0.3, 0.4) is 0 Å². The second-order valence-electron chi connectivity index (χ2n) is 3.65. The summed E-state index contributed by atoms with van der Waals surface area (Å²) in [6.07, 6.45) is 2.02. The van der Waals surface area contributed by atoms with Crippen molar-refractivity contribution in [1.82, 2.24) is 5.32 Å². The molecule has 0 bridgehead atoms. The number of halogens is 1. The number of benzene rings is 1. The lowest BCUT2D eigenvalue weighted by atomic mass is 10.1. The van der Waals surface area contributed by atoms with Crippen LogP contribution in [0.1, 0.15) is 28.8 Å². The first-order chi connectivity index (χ1) is 7.65. The number of hydrogen-bond donors (Lipinski definition) is 2. The van der Waals surface area contributed by atoms with E-state index in [0.29, 0.717) is 17.7 Å². The van der Waals surface area contributed by atoms with Crippen LogP contribution in [0, 0.1) is 6.92 Å². The number of phenols is 1. The van der Waals surface area contributed by atoms with E-state index < -0.39 is 0 Å². The Kier molecular flexibility index (Phi) is 5.32. The van der Waals surface area contributed by atoms with Crippen LogP contribution in [0.2, 0.25) is 0 Å². The third-order valence-corrected chi connectivity index (χ3v) is 2.87. The Balaban J connectivity index is 2.50. The van der Waals surface area contributed by atoms with Gasteiger partial charge in [-0.05, 0) is 43.5 Å². The van der Waals surface area contributed by atoms with Gasteiger partial charge in [-0.2, -0.15) is 0 Å². The molecule has 16 heavy (non-hydrogen) atoms. The Morgan fingerprint density at radius 1 is 1.44 bits per heavy atom. The minimum Gasteiger partial charge on any atom is -0.508 e. The van der Waals surface area contributed by atoms with Crippen LogP contribution in [0.5, 0.6) is 5.75 Å². The van der Waals surface area contributed by atoms with Crippen LogP contribution in [-0.4, -0.2) is 22.9 Å². The van der Waals surface area contributed by atoms with E-state index in [1.165, 1.54) is 0 Å². The van der Waals surface area contributed by atoms with Gasteiger partial charge in [-0.25, -0.2) is 0 Å². The van der Waals surface area contributed by atoms with E-state index in [-0.39, 0.29) is 11.7 Å². The lowest BCUT2D eigenvalue weighted by Gasteiger charge is -2.06. The first-order valence-corrected chi connectivity index (χ1v) is 6.41. The highest BCUT2D eigenvalue weighted by atomic mass is 79.9. The summed E-state index contributed by atoms with van der Waals surface area (Å²) in [6.45, 7) is 2.46. The Morgan fingerprint density at radius 3 is 2.81 bits per heavy atom. The van der Waals surface area contributed by atoms with Crippen LogP contribution >= 0.6 is 15.9 Å². The van der Waals surface area contributed by atoms with Gasteiger partial charge >= 0.3 is 0 Å². The molecule has 1 aromatic rings. The largest absolute Gasteiger partial charge is 0.508 e. The van der Waals surface area contributed by atoms with Crippen molar-refractivity contribution < 1.29 is 9.90 Å². The maximum atomic E-state index is 11.7. The van der Waals surface area contributed by atoms with Crippen molar-refractivity contribution in [3.8, 4) is 5.75 Å². The minimum atomic E-state index is -0.0855. The fourth-order valence-electron chi connectivity index (χ4n) is 1.32. The van der Waals surface area contributed by atoms with Gasteiger partial charge in [0.1, 0.15) is 5.75 Å². The summed E-state index contributed by atoms with van der Waals surface area (Å²) in [6, 6.07) is 4.86. The maximum Gasteiger partial charge on any atom is 0.251 e. The molecule has 2 N–H and O–H groups in total. The monoisotopic (exact) mass is 285 g/mol. The first kappa shape index (κ1) is 13.0. The zero-order chi connectivity index (χ0) is 12.0. The fraction of sp³-hybridized carbons (Fsp3) is 0.417. The summed E-state index contributed by atoms with van der Waals surface area (Å²) in [5.74, 6) is 0.133. The SMILES string of the molecule is Cc1cc(C(=O)NCCCCBr)ccc1O. The molecule has 88 valence electrons. The third kappa shape index (κ3) is 3.85. The number of hydrogen-bond acceptors (Lipinski definition) is 2. The highest BCUT2D eigenvalue weighted by Crippen LogP contribution is 2.16. The summed E-state index contributed by atoms with van der Waals surface area (Å²) >= 11 is 3.34. The van der Waals surface area contributed by atoms with E-state index in [1.807, 2.05) is 0 Å². The molecule has 0 saturated carbocycles. The average Bonchev–Trinajstić information content (AvgIpc) is 2.28. The van der Waals surface area contributed by atoms with Crippen LogP contribution in [0.15, 0.2) is 18.2 Å². The van der Waals surface area contributed by atoms with Gasteiger partial charge in [0, 0.05) is 17.4 Å². The third-order valence-electron chi connectivity index (χ3n) is 2.30. The van der Waals surface area contributed by atoms with Gasteiger partial charge < -0.3 is 10.4 Å². The molecule has 1 aromatic carbocycles. The Labute approximate surface area is 104 Å². The Bertz CT molecular complexity index is 366. The van der Waals surface area contributed by atoms with E-state index in [1.54, 1.807) is 25.1 Å². The molecule has 0 saturated heterocycles. The number of carbonyl (C=O) groups is 1. The zero-order valence-corrected chi connectivity index (χ0v) is 10.9. The number of carbonyl (C=O) groups excluding carboxylic acids is 1. The van der Waals surface area contributed by atoms with E-state index in [2.05, 4.69) is 21.2 Å². The second-order valence-corrected chi connectivity index (χ2v) is 4.45. The minimum absolute atomic E-state index is 0.0855. The van der Waals surface area contributed by atoms with Crippen LogP contribution in [-0.2, 0) is 0 Å². The molecule has 0 aliphatic rings. The molecule has 1 rings (SSSR count). The highest BCUT2D eigenvalue weighted by molar-refractivity contribution is 9.09. The van der Waals surface area contributed by atoms with Crippen molar-refractivity contribution in [3.63, 3.8) is 0 Å². The molecule has 0 aliphatic heterocycles. The van der Waals surface area contributed by atoms with Gasteiger partial charge in [-0.15, -0.1) is 0 Å². The Morgan fingerprint density at radius 2 is 2.19 bits per heavy atom. The van der Waals surface area contributed by atoms with E-state index in [0.717, 1.165) is 18.2 Å². The molecule has 0 aliphatic carbocycles. The molecule has 0 spiro atoms. The van der Waals surface area contributed by atoms with Crippen LogP contribution in [0.4, 0.5) is 0 Å². The normalized spacial score (nSPS) is 10.1. The van der Waals surface area contributed by atoms with Crippen molar-refractivity contribution in [2.24, 2.45) is 0 Å². The van der Waals surface area contributed by atoms with Crippen LogP contribution < -0.4 is 5.32 Å². The van der Waals surface area contributed by atoms with E-state index in [4.69, 9.17) is 0 Å². The summed E-state index contributed by atoms with van der Waals surface area (Å²) in [7, 11) is 0. The number of nitrogens with one attached hydrogen (secondary N) is 1. The molecular weight excluding hydrogens is 270 g/mol. The molecule has 0 unspecified atom stereocenters. The molecule has 3 nitrogen and oxygen atoms in total. The highest BCUT2D eigenvalue weighted by Gasteiger charge is 2.06. The number of alkyl halides is 1. The van der Waals surface area contributed by atoms with E-state index in [9.17, 15) is 9.90 Å². The molecule has 0 aromatic heterocycles. The van der Waals surface area contributed by atoms with Gasteiger partial charge in [0.05, 0.1) is 0 Å². The molecule has 0 radical (unpaired) electrons. The number of unbranched alkanes of at least 4 members (excludes halogenated alkanes) is 1. The van der Waals surface area contributed by atoms with Crippen molar-refractivity contribution in [2.45, 2.75) is 19.8 Å². The van der Waals surface area contributed by atoms with Gasteiger partial charge in [-0.1, -0.05) is 15.9 Å². The van der Waals surface area contributed by atoms with Gasteiger partial charge in [-0.3, -0.25) is 4.79 Å². The number of phenolic OH excluding ortho intramolecular Hbond substituents is 1. The lowest BCUT2D eigenvalue weighted by molar-refractivity contribution is 0.0953. The smallest absolute Gasteiger partial charge is 0.251 e. The predicted molar refractivity (Wildman–Crippen MR) is 68.2 cm³/mol. The van der Waals surface area contributed by atoms with Crippen molar-refractivity contribution in [2.75, 3.05) is 11.9 Å². The van der Waals surface area contributed by atoms with Gasteiger partial charge in [0.25, 0.3) is 5.91 Å². The molecule has 4 heteroatoms. The first-order valence-electron chi connectivity index (χ1n) is 5.29. The average molecular weight is 286 g/mol. The molecule has 1 amide bonds. The number of aryl methyl sites for hydroxylation is 1. The molecule has 0 atom stereocenters. The van der Waals surface area contributed by atoms with Crippen LogP contribution in [0.25, 0.3) is 0 Å². The second kappa shape index (κ2) is 6.53. The molecule has 0 heterocycles. The summed E-state index contributed by atoms with van der Waals surface area (Å²) in [5, 5.41) is 13.1. The van der Waals surface area contributed by atoms with Crippen molar-refractivity contribution in [1.29, 1.82) is 0 Å². The van der Waals surface area contributed by atoms with Gasteiger partial charge in [0.15, 0.2) is 0 Å². The quantitative estimate of drug-likeness (QED) is 0.645. The topological polar surface area (TPSA) is 49.3 Å². The number of amides is 1. The molecule has 0 fully saturated rings. The van der Waals surface area contributed by atoms with E-state index >= 15 is 0 Å². The predicted octanol–water partition coefficient (Wildman–Crippen LogP) is 2.61. The van der Waals surface area contributed by atoms with Crippen molar-refractivity contribution >= 4 is 21.8 Å². The standard InChI is InChI=1S/C12H16BrNO2/c1-9-8-10(4-5-11(9)15)12(16)14-7-3-2-6-13/h4-5,8,15H,2-3,6-7H2,1H3,(H,14,16). The zero-order valence-electron chi connectivity index (χ0n) is 9.29. The Hall–Kier alpha value is -1.03. The van der Waals surface area contributed by atoms with Crippen molar-refractivity contribution in [3.05, 3.63) is 29.3 Å². The summed E-state index contributed by atoms with van der Waals surface area (Å²) in [4.78, 5) is 11.7. The number of aromatic hydroxyl groups is 1. The number of rotatable bonds is 5. The lowest BCUT2D eigenvalue weighted by Crippen LogP contribution is -2.24. The summed E-state index contributed by atoms with van der Waals surface area (Å²) < 4.78 is 0. The fourth-order valence-corrected chi connectivity index (χ4v) is 1.72.